The summed E-state index contributed by atoms with van der Waals surface area (Å²) < 4.78 is 5.15. The molecular weight excluding hydrogens is 340 g/mol. The number of phenolic OH excluding ortho intramolecular Hbond substituents is 2. The monoisotopic (exact) mass is 360 g/mol. The summed E-state index contributed by atoms with van der Waals surface area (Å²) in [6.07, 6.45) is 1.12. The predicted octanol–water partition coefficient (Wildman–Crippen LogP) is 4.54. The number of carbonyl (C=O) groups excluding carboxylic acids is 1. The molecule has 2 N–H and O–H groups in total. The fraction of sp³-hybridized carbons (Fsp3) is 0.0870. The standard InChI is InChI=1S/C23H20O4/c1-3-22(26)27-21-14-8-18(9-15-21)23(2,16-4-10-19(24)11-5-16)17-6-12-20(25)13-7-17/h3-15,24-25H,1H2,2H3. The van der Waals surface area contributed by atoms with Crippen LogP contribution < -0.4 is 4.74 Å². The third-order valence-corrected chi connectivity index (χ3v) is 4.71. The Balaban J connectivity index is 2.09. The highest BCUT2D eigenvalue weighted by molar-refractivity contribution is 5.83. The zero-order valence-corrected chi connectivity index (χ0v) is 14.9. The van der Waals surface area contributed by atoms with Gasteiger partial charge >= 0.3 is 5.97 Å². The predicted molar refractivity (Wildman–Crippen MR) is 104 cm³/mol. The van der Waals surface area contributed by atoms with Crippen molar-refractivity contribution in [2.24, 2.45) is 0 Å². The van der Waals surface area contributed by atoms with Crippen LogP contribution in [0, 0.1) is 0 Å². The van der Waals surface area contributed by atoms with E-state index in [1.165, 1.54) is 0 Å². The van der Waals surface area contributed by atoms with Gasteiger partial charge in [0.25, 0.3) is 0 Å². The highest BCUT2D eigenvalue weighted by Gasteiger charge is 2.31. The van der Waals surface area contributed by atoms with Crippen molar-refractivity contribution >= 4 is 5.97 Å². The van der Waals surface area contributed by atoms with E-state index in [-0.39, 0.29) is 11.5 Å². The zero-order chi connectivity index (χ0) is 19.4. The van der Waals surface area contributed by atoms with Crippen molar-refractivity contribution in [2.45, 2.75) is 12.3 Å². The normalized spacial score (nSPS) is 11.0. The Hall–Kier alpha value is -3.53. The van der Waals surface area contributed by atoms with Crippen LogP contribution in [0.2, 0.25) is 0 Å². The number of benzene rings is 3. The molecule has 0 saturated heterocycles. The third-order valence-electron chi connectivity index (χ3n) is 4.71. The maximum Gasteiger partial charge on any atom is 0.335 e. The van der Waals surface area contributed by atoms with E-state index in [0.29, 0.717) is 5.75 Å². The van der Waals surface area contributed by atoms with Crippen LogP contribution in [-0.2, 0) is 10.2 Å². The first-order chi connectivity index (χ1) is 12.9. The van der Waals surface area contributed by atoms with Gasteiger partial charge in [-0.15, -0.1) is 0 Å². The van der Waals surface area contributed by atoms with Crippen molar-refractivity contribution in [3.8, 4) is 17.2 Å². The summed E-state index contributed by atoms with van der Waals surface area (Å²) in [5.41, 5.74) is 2.38. The minimum absolute atomic E-state index is 0.193. The molecule has 0 bridgehead atoms. The van der Waals surface area contributed by atoms with Crippen LogP contribution in [0.15, 0.2) is 85.5 Å². The van der Waals surface area contributed by atoms with Gasteiger partial charge < -0.3 is 14.9 Å². The molecular formula is C23H20O4. The Labute approximate surface area is 158 Å². The van der Waals surface area contributed by atoms with E-state index in [4.69, 9.17) is 4.74 Å². The molecule has 27 heavy (non-hydrogen) atoms. The molecule has 0 aliphatic heterocycles. The van der Waals surface area contributed by atoms with Crippen LogP contribution >= 0.6 is 0 Å². The molecule has 0 aliphatic rings. The van der Waals surface area contributed by atoms with Gasteiger partial charge in [-0.1, -0.05) is 43.0 Å². The molecule has 3 rings (SSSR count). The molecule has 4 nitrogen and oxygen atoms in total. The average molecular weight is 360 g/mol. The number of ether oxygens (including phenoxy) is 1. The molecule has 0 amide bonds. The number of aromatic hydroxyl groups is 2. The van der Waals surface area contributed by atoms with Gasteiger partial charge in [0.1, 0.15) is 17.2 Å². The number of phenols is 2. The van der Waals surface area contributed by atoms with Crippen LogP contribution in [-0.4, -0.2) is 16.2 Å². The second-order valence-corrected chi connectivity index (χ2v) is 6.37. The van der Waals surface area contributed by atoms with E-state index < -0.39 is 11.4 Å². The van der Waals surface area contributed by atoms with Gasteiger partial charge in [0.15, 0.2) is 0 Å². The van der Waals surface area contributed by atoms with Gasteiger partial charge in [0, 0.05) is 11.5 Å². The molecule has 0 radical (unpaired) electrons. The maximum absolute atomic E-state index is 11.4. The Kier molecular flexibility index (Phi) is 4.99. The van der Waals surface area contributed by atoms with Crippen LogP contribution in [0.3, 0.4) is 0 Å². The second-order valence-electron chi connectivity index (χ2n) is 6.37. The first-order valence-electron chi connectivity index (χ1n) is 8.47. The topological polar surface area (TPSA) is 66.8 Å². The van der Waals surface area contributed by atoms with Crippen LogP contribution in [0.5, 0.6) is 17.2 Å². The Morgan fingerprint density at radius 2 is 1.19 bits per heavy atom. The number of hydrogen-bond donors (Lipinski definition) is 2. The van der Waals surface area contributed by atoms with E-state index in [2.05, 4.69) is 13.5 Å². The summed E-state index contributed by atoms with van der Waals surface area (Å²) in [4.78, 5) is 11.4. The van der Waals surface area contributed by atoms with E-state index in [1.54, 1.807) is 36.4 Å². The van der Waals surface area contributed by atoms with Gasteiger partial charge in [-0.05, 0) is 60.0 Å². The highest BCUT2D eigenvalue weighted by atomic mass is 16.5. The smallest absolute Gasteiger partial charge is 0.335 e. The number of rotatable bonds is 5. The number of esters is 1. The van der Waals surface area contributed by atoms with Crippen LogP contribution in [0.1, 0.15) is 23.6 Å². The Morgan fingerprint density at radius 1 is 0.815 bits per heavy atom. The fourth-order valence-electron chi connectivity index (χ4n) is 3.10. The van der Waals surface area contributed by atoms with E-state index >= 15 is 0 Å². The molecule has 0 unspecified atom stereocenters. The lowest BCUT2D eigenvalue weighted by Crippen LogP contribution is -2.25. The molecule has 0 fully saturated rings. The SMILES string of the molecule is C=CC(=O)Oc1ccc(C(C)(c2ccc(O)cc2)c2ccc(O)cc2)cc1. The molecule has 0 aliphatic carbocycles. The van der Waals surface area contributed by atoms with Gasteiger partial charge in [-0.3, -0.25) is 0 Å². The summed E-state index contributed by atoms with van der Waals surface area (Å²) in [6.45, 7) is 5.46. The summed E-state index contributed by atoms with van der Waals surface area (Å²) >= 11 is 0. The molecule has 0 saturated carbocycles. The molecule has 3 aromatic rings. The minimum Gasteiger partial charge on any atom is -0.508 e. The van der Waals surface area contributed by atoms with Crippen molar-refractivity contribution < 1.29 is 19.7 Å². The third kappa shape index (κ3) is 3.70. The molecule has 0 aromatic heterocycles. The van der Waals surface area contributed by atoms with Crippen LogP contribution in [0.25, 0.3) is 0 Å². The van der Waals surface area contributed by atoms with Crippen molar-refractivity contribution in [1.82, 2.24) is 0 Å². The molecule has 0 atom stereocenters. The first kappa shape index (κ1) is 18.3. The van der Waals surface area contributed by atoms with Crippen molar-refractivity contribution in [3.05, 3.63) is 102 Å². The average Bonchev–Trinajstić information content (AvgIpc) is 2.69. The Morgan fingerprint density at radius 3 is 1.56 bits per heavy atom. The molecule has 0 heterocycles. The summed E-state index contributed by atoms with van der Waals surface area (Å²) in [5.74, 6) is 0.307. The zero-order valence-electron chi connectivity index (χ0n) is 14.9. The van der Waals surface area contributed by atoms with E-state index in [1.807, 2.05) is 36.4 Å². The molecule has 0 spiro atoms. The van der Waals surface area contributed by atoms with Crippen LogP contribution in [0.4, 0.5) is 0 Å². The maximum atomic E-state index is 11.4. The van der Waals surface area contributed by atoms with Crippen molar-refractivity contribution in [1.29, 1.82) is 0 Å². The highest BCUT2D eigenvalue weighted by Crippen LogP contribution is 2.40. The lowest BCUT2D eigenvalue weighted by molar-refractivity contribution is -0.128. The van der Waals surface area contributed by atoms with Gasteiger partial charge in [-0.2, -0.15) is 0 Å². The van der Waals surface area contributed by atoms with E-state index in [0.717, 1.165) is 22.8 Å². The fourth-order valence-corrected chi connectivity index (χ4v) is 3.10. The largest absolute Gasteiger partial charge is 0.508 e. The lowest BCUT2D eigenvalue weighted by atomic mass is 9.71. The van der Waals surface area contributed by atoms with Crippen molar-refractivity contribution in [3.63, 3.8) is 0 Å². The first-order valence-corrected chi connectivity index (χ1v) is 8.47. The second kappa shape index (κ2) is 7.38. The van der Waals surface area contributed by atoms with Gasteiger partial charge in [0.05, 0.1) is 0 Å². The van der Waals surface area contributed by atoms with E-state index in [9.17, 15) is 15.0 Å². The number of carbonyl (C=O) groups is 1. The van der Waals surface area contributed by atoms with Gasteiger partial charge in [0.2, 0.25) is 0 Å². The summed E-state index contributed by atoms with van der Waals surface area (Å²) in [6, 6.07) is 21.3. The van der Waals surface area contributed by atoms with Gasteiger partial charge in [-0.25, -0.2) is 4.79 Å². The quantitative estimate of drug-likeness (QED) is 0.303. The molecule has 3 aromatic carbocycles. The van der Waals surface area contributed by atoms with Crippen molar-refractivity contribution in [2.75, 3.05) is 0 Å². The summed E-state index contributed by atoms with van der Waals surface area (Å²) in [5, 5.41) is 19.3. The molecule has 4 heteroatoms. The Bertz CT molecular complexity index is 894. The number of hydrogen-bond acceptors (Lipinski definition) is 4. The minimum atomic E-state index is -0.539. The molecule has 136 valence electrons. The lowest BCUT2D eigenvalue weighted by Gasteiger charge is -2.32. The summed E-state index contributed by atoms with van der Waals surface area (Å²) in [7, 11) is 0.